The molecule has 0 saturated carbocycles. The lowest BCUT2D eigenvalue weighted by molar-refractivity contribution is 0.565. The van der Waals surface area contributed by atoms with Crippen LogP contribution in [0.5, 0.6) is 0 Å². The topological polar surface area (TPSA) is 29.4 Å². The Hall–Kier alpha value is -1.05. The highest BCUT2D eigenvalue weighted by Gasteiger charge is 1.95. The molecule has 56 valence electrons. The number of thiol groups is 1. The molecule has 0 spiro atoms. The van der Waals surface area contributed by atoms with Gasteiger partial charge in [-0.15, -0.1) is 12.6 Å². The highest BCUT2D eigenvalue weighted by molar-refractivity contribution is 7.80. The SMILES string of the molecule is Cc1ccc(S)c(N=C=O)c1. The molecule has 0 N–H and O–H groups in total. The van der Waals surface area contributed by atoms with E-state index in [4.69, 9.17) is 0 Å². The lowest BCUT2D eigenvalue weighted by Gasteiger charge is -1.96. The number of carbonyl (C=O) groups excluding carboxylic acids is 1. The molecule has 11 heavy (non-hydrogen) atoms. The van der Waals surface area contributed by atoms with E-state index in [2.05, 4.69) is 17.6 Å². The number of rotatable bonds is 1. The third kappa shape index (κ3) is 1.93. The number of isocyanates is 1. The van der Waals surface area contributed by atoms with Crippen LogP contribution in [0.25, 0.3) is 0 Å². The van der Waals surface area contributed by atoms with Crippen LogP contribution in [0.15, 0.2) is 28.1 Å². The number of nitrogens with zero attached hydrogens (tertiary/aromatic N) is 1. The summed E-state index contributed by atoms with van der Waals surface area (Å²) in [5.41, 5.74) is 1.63. The quantitative estimate of drug-likeness (QED) is 0.386. The van der Waals surface area contributed by atoms with E-state index in [0.29, 0.717) is 10.6 Å². The fourth-order valence-electron chi connectivity index (χ4n) is 0.772. The maximum Gasteiger partial charge on any atom is 0.240 e. The lowest BCUT2D eigenvalue weighted by atomic mass is 10.2. The average molecular weight is 165 g/mol. The lowest BCUT2D eigenvalue weighted by Crippen LogP contribution is -1.72. The van der Waals surface area contributed by atoms with Crippen molar-refractivity contribution < 1.29 is 4.79 Å². The van der Waals surface area contributed by atoms with Crippen molar-refractivity contribution in [2.45, 2.75) is 11.8 Å². The molecule has 0 heterocycles. The first-order chi connectivity index (χ1) is 5.24. The van der Waals surface area contributed by atoms with Gasteiger partial charge in [-0.2, -0.15) is 4.99 Å². The molecule has 0 aliphatic carbocycles. The van der Waals surface area contributed by atoms with Gasteiger partial charge < -0.3 is 0 Å². The first-order valence-corrected chi connectivity index (χ1v) is 3.56. The summed E-state index contributed by atoms with van der Waals surface area (Å²) in [4.78, 5) is 14.1. The van der Waals surface area contributed by atoms with Gasteiger partial charge in [-0.25, -0.2) is 4.79 Å². The molecule has 0 aliphatic heterocycles. The molecule has 1 rings (SSSR count). The number of hydrogen-bond donors (Lipinski definition) is 1. The van der Waals surface area contributed by atoms with Gasteiger partial charge in [-0.1, -0.05) is 6.07 Å². The van der Waals surface area contributed by atoms with Crippen molar-refractivity contribution in [3.05, 3.63) is 23.8 Å². The number of hydrogen-bond acceptors (Lipinski definition) is 3. The molecule has 0 atom stereocenters. The van der Waals surface area contributed by atoms with Crippen molar-refractivity contribution in [3.8, 4) is 0 Å². The Labute approximate surface area is 70.4 Å². The summed E-state index contributed by atoms with van der Waals surface area (Å²) < 4.78 is 0. The molecule has 0 aromatic heterocycles. The van der Waals surface area contributed by atoms with E-state index in [0.717, 1.165) is 5.56 Å². The molecular formula is C8H7NOS. The summed E-state index contributed by atoms with van der Waals surface area (Å²) in [6.45, 7) is 1.93. The van der Waals surface area contributed by atoms with Gasteiger partial charge >= 0.3 is 0 Å². The van der Waals surface area contributed by atoms with Crippen molar-refractivity contribution in [2.75, 3.05) is 0 Å². The summed E-state index contributed by atoms with van der Waals surface area (Å²) in [6, 6.07) is 5.49. The second-order valence-corrected chi connectivity index (χ2v) is 2.68. The van der Waals surface area contributed by atoms with E-state index in [9.17, 15) is 4.79 Å². The van der Waals surface area contributed by atoms with Crippen LogP contribution in [-0.2, 0) is 4.79 Å². The largest absolute Gasteiger partial charge is 0.240 e. The van der Waals surface area contributed by atoms with Gasteiger partial charge in [-0.05, 0) is 24.6 Å². The van der Waals surface area contributed by atoms with Gasteiger partial charge in [0.1, 0.15) is 0 Å². The van der Waals surface area contributed by atoms with E-state index in [1.807, 2.05) is 13.0 Å². The van der Waals surface area contributed by atoms with Gasteiger partial charge in [0.05, 0.1) is 5.69 Å². The first-order valence-electron chi connectivity index (χ1n) is 3.11. The van der Waals surface area contributed by atoms with Gasteiger partial charge in [0.2, 0.25) is 6.08 Å². The van der Waals surface area contributed by atoms with E-state index < -0.39 is 0 Å². The second kappa shape index (κ2) is 3.37. The Balaban J connectivity index is 3.22. The second-order valence-electron chi connectivity index (χ2n) is 2.20. The molecule has 2 nitrogen and oxygen atoms in total. The van der Waals surface area contributed by atoms with Crippen molar-refractivity contribution in [2.24, 2.45) is 4.99 Å². The Bertz CT molecular complexity index is 316. The highest BCUT2D eigenvalue weighted by Crippen LogP contribution is 2.23. The third-order valence-electron chi connectivity index (χ3n) is 1.30. The van der Waals surface area contributed by atoms with Crippen molar-refractivity contribution >= 4 is 24.4 Å². The Morgan fingerprint density at radius 1 is 1.55 bits per heavy atom. The van der Waals surface area contributed by atoms with Gasteiger partial charge in [-0.3, -0.25) is 0 Å². The minimum atomic E-state index is 0.573. The van der Waals surface area contributed by atoms with Crippen LogP contribution in [0.4, 0.5) is 5.69 Å². The van der Waals surface area contributed by atoms with Crippen molar-refractivity contribution in [1.29, 1.82) is 0 Å². The predicted octanol–water partition coefficient (Wildman–Crippen LogP) is 2.25. The minimum Gasteiger partial charge on any atom is -0.211 e. The van der Waals surface area contributed by atoms with E-state index >= 15 is 0 Å². The smallest absolute Gasteiger partial charge is 0.211 e. The Kier molecular flexibility index (Phi) is 2.47. The molecule has 1 aromatic carbocycles. The molecule has 0 radical (unpaired) electrons. The molecule has 0 fully saturated rings. The summed E-state index contributed by atoms with van der Waals surface area (Å²) >= 11 is 4.11. The molecule has 0 amide bonds. The molecule has 0 bridgehead atoms. The predicted molar refractivity (Wildman–Crippen MR) is 46.2 cm³/mol. The van der Waals surface area contributed by atoms with Crippen LogP contribution in [0.3, 0.4) is 0 Å². The molecular weight excluding hydrogens is 158 g/mol. The Morgan fingerprint density at radius 2 is 2.27 bits per heavy atom. The zero-order valence-electron chi connectivity index (χ0n) is 6.03. The van der Waals surface area contributed by atoms with Crippen LogP contribution >= 0.6 is 12.6 Å². The monoisotopic (exact) mass is 165 g/mol. The molecule has 3 heteroatoms. The average Bonchev–Trinajstić information content (AvgIpc) is 1.98. The van der Waals surface area contributed by atoms with Crippen LogP contribution in [0.2, 0.25) is 0 Å². The van der Waals surface area contributed by atoms with E-state index in [1.54, 1.807) is 12.1 Å². The summed E-state index contributed by atoms with van der Waals surface area (Å²) in [7, 11) is 0. The maximum absolute atomic E-state index is 9.91. The van der Waals surface area contributed by atoms with Crippen molar-refractivity contribution in [1.82, 2.24) is 0 Å². The molecule has 1 aromatic rings. The summed E-state index contributed by atoms with van der Waals surface area (Å²) in [5, 5.41) is 0. The molecule has 0 unspecified atom stereocenters. The van der Waals surface area contributed by atoms with Crippen molar-refractivity contribution in [3.63, 3.8) is 0 Å². The van der Waals surface area contributed by atoms with E-state index in [-0.39, 0.29) is 0 Å². The van der Waals surface area contributed by atoms with Gasteiger partial charge in [0.15, 0.2) is 0 Å². The van der Waals surface area contributed by atoms with Crippen LogP contribution in [0.1, 0.15) is 5.56 Å². The summed E-state index contributed by atoms with van der Waals surface area (Å²) in [6.07, 6.45) is 1.48. The zero-order valence-corrected chi connectivity index (χ0v) is 6.93. The van der Waals surface area contributed by atoms with E-state index in [1.165, 1.54) is 6.08 Å². The van der Waals surface area contributed by atoms with Gasteiger partial charge in [0.25, 0.3) is 0 Å². The standard InChI is InChI=1S/C8H7NOS/c1-6-2-3-8(11)7(4-6)9-5-10/h2-4,11H,1H3. The fourth-order valence-corrected chi connectivity index (χ4v) is 0.961. The maximum atomic E-state index is 9.91. The number of benzene rings is 1. The minimum absolute atomic E-state index is 0.573. The van der Waals surface area contributed by atoms with Crippen LogP contribution in [0, 0.1) is 6.92 Å². The third-order valence-corrected chi connectivity index (χ3v) is 1.68. The Morgan fingerprint density at radius 3 is 2.91 bits per heavy atom. The molecule has 0 aliphatic rings. The van der Waals surface area contributed by atoms with Crippen LogP contribution in [-0.4, -0.2) is 6.08 Å². The fraction of sp³-hybridized carbons (Fsp3) is 0.125. The van der Waals surface area contributed by atoms with Crippen LogP contribution < -0.4 is 0 Å². The first kappa shape index (κ1) is 8.05. The van der Waals surface area contributed by atoms with Gasteiger partial charge in [0, 0.05) is 4.90 Å². The highest BCUT2D eigenvalue weighted by atomic mass is 32.1. The number of aliphatic imine (C=N–C) groups is 1. The molecule has 0 saturated heterocycles. The number of aryl methyl sites for hydroxylation is 1. The zero-order chi connectivity index (χ0) is 8.27. The normalized spacial score (nSPS) is 8.91. The summed E-state index contributed by atoms with van der Waals surface area (Å²) in [5.74, 6) is 0.